The van der Waals surface area contributed by atoms with Gasteiger partial charge in [-0.05, 0) is 37.3 Å². The van der Waals surface area contributed by atoms with E-state index in [0.29, 0.717) is 11.0 Å². The molecule has 0 fully saturated rings. The first-order chi connectivity index (χ1) is 9.54. The van der Waals surface area contributed by atoms with Crippen LogP contribution in [0.15, 0.2) is 46.9 Å². The van der Waals surface area contributed by atoms with Gasteiger partial charge in [0.15, 0.2) is 0 Å². The standard InChI is InChI=1S/C16H12F2O2/c1-9-2-4-13(18)12(6-9)16(19)15-8-10-7-11(17)3-5-14(10)20-15/h2-8,16,19H,1H3. The largest absolute Gasteiger partial charge is 0.458 e. The number of fused-ring (bicyclic) bond motifs is 1. The Labute approximate surface area is 114 Å². The lowest BCUT2D eigenvalue weighted by Gasteiger charge is -2.10. The van der Waals surface area contributed by atoms with Crippen LogP contribution in [0.4, 0.5) is 8.78 Å². The van der Waals surface area contributed by atoms with Gasteiger partial charge < -0.3 is 9.52 Å². The van der Waals surface area contributed by atoms with Crippen LogP contribution in [0.25, 0.3) is 11.0 Å². The van der Waals surface area contributed by atoms with Crippen molar-refractivity contribution in [3.8, 4) is 0 Å². The Morgan fingerprint density at radius 2 is 1.85 bits per heavy atom. The van der Waals surface area contributed by atoms with Gasteiger partial charge in [-0.1, -0.05) is 17.7 Å². The highest BCUT2D eigenvalue weighted by Crippen LogP contribution is 2.30. The quantitative estimate of drug-likeness (QED) is 0.763. The smallest absolute Gasteiger partial charge is 0.139 e. The Balaban J connectivity index is 2.07. The van der Waals surface area contributed by atoms with E-state index < -0.39 is 11.9 Å². The molecular formula is C16H12F2O2. The zero-order chi connectivity index (χ0) is 14.3. The lowest BCUT2D eigenvalue weighted by atomic mass is 10.0. The molecule has 0 radical (unpaired) electrons. The van der Waals surface area contributed by atoms with Gasteiger partial charge in [0.1, 0.15) is 29.1 Å². The van der Waals surface area contributed by atoms with Gasteiger partial charge in [0, 0.05) is 10.9 Å². The number of aryl methyl sites for hydroxylation is 1. The van der Waals surface area contributed by atoms with Crippen molar-refractivity contribution >= 4 is 11.0 Å². The first kappa shape index (κ1) is 12.8. The van der Waals surface area contributed by atoms with Crippen molar-refractivity contribution in [2.45, 2.75) is 13.0 Å². The van der Waals surface area contributed by atoms with E-state index in [1.807, 2.05) is 6.92 Å². The van der Waals surface area contributed by atoms with E-state index in [9.17, 15) is 13.9 Å². The molecule has 1 aromatic heterocycles. The number of rotatable bonds is 2. The Bertz CT molecular complexity index is 777. The number of furan rings is 1. The van der Waals surface area contributed by atoms with Gasteiger partial charge in [-0.2, -0.15) is 0 Å². The minimum Gasteiger partial charge on any atom is -0.458 e. The summed E-state index contributed by atoms with van der Waals surface area (Å²) >= 11 is 0. The second kappa shape index (κ2) is 4.72. The van der Waals surface area contributed by atoms with E-state index in [1.54, 1.807) is 12.1 Å². The lowest BCUT2D eigenvalue weighted by Crippen LogP contribution is -2.01. The molecule has 1 atom stereocenters. The number of halogens is 2. The van der Waals surface area contributed by atoms with Gasteiger partial charge >= 0.3 is 0 Å². The van der Waals surface area contributed by atoms with Gasteiger partial charge in [-0.3, -0.25) is 0 Å². The van der Waals surface area contributed by atoms with Crippen LogP contribution in [0.2, 0.25) is 0 Å². The number of aliphatic hydroxyl groups excluding tert-OH is 1. The maximum absolute atomic E-state index is 13.8. The molecule has 3 rings (SSSR count). The van der Waals surface area contributed by atoms with Crippen molar-refractivity contribution < 1.29 is 18.3 Å². The molecule has 2 nitrogen and oxygen atoms in total. The summed E-state index contributed by atoms with van der Waals surface area (Å²) in [5.74, 6) is -0.703. The highest BCUT2D eigenvalue weighted by molar-refractivity contribution is 5.78. The minimum atomic E-state index is -1.22. The minimum absolute atomic E-state index is 0.143. The molecule has 2 aromatic carbocycles. The molecule has 0 amide bonds. The average Bonchev–Trinajstić information content (AvgIpc) is 2.83. The fourth-order valence-electron chi connectivity index (χ4n) is 2.20. The van der Waals surface area contributed by atoms with Crippen LogP contribution >= 0.6 is 0 Å². The molecule has 3 aromatic rings. The fraction of sp³-hybridized carbons (Fsp3) is 0.125. The van der Waals surface area contributed by atoms with Crippen molar-refractivity contribution in [1.29, 1.82) is 0 Å². The maximum Gasteiger partial charge on any atom is 0.139 e. The van der Waals surface area contributed by atoms with E-state index in [0.717, 1.165) is 5.56 Å². The van der Waals surface area contributed by atoms with Crippen LogP contribution in [0, 0.1) is 18.6 Å². The predicted octanol–water partition coefficient (Wildman–Crippen LogP) is 4.10. The second-order valence-corrected chi connectivity index (χ2v) is 4.76. The molecule has 0 saturated heterocycles. The van der Waals surface area contributed by atoms with Crippen LogP contribution in [0.1, 0.15) is 23.0 Å². The van der Waals surface area contributed by atoms with E-state index in [-0.39, 0.29) is 17.1 Å². The second-order valence-electron chi connectivity index (χ2n) is 4.76. The molecular weight excluding hydrogens is 262 g/mol. The predicted molar refractivity (Wildman–Crippen MR) is 71.4 cm³/mol. The van der Waals surface area contributed by atoms with E-state index in [4.69, 9.17) is 4.42 Å². The third-order valence-corrected chi connectivity index (χ3v) is 3.21. The molecule has 0 saturated carbocycles. The van der Waals surface area contributed by atoms with E-state index in [1.165, 1.54) is 30.3 Å². The van der Waals surface area contributed by atoms with Crippen LogP contribution in [-0.4, -0.2) is 5.11 Å². The number of benzene rings is 2. The van der Waals surface area contributed by atoms with Crippen molar-refractivity contribution in [3.05, 3.63) is 71.0 Å². The third kappa shape index (κ3) is 2.18. The topological polar surface area (TPSA) is 33.4 Å². The number of aliphatic hydroxyl groups is 1. The molecule has 1 N–H and O–H groups in total. The van der Waals surface area contributed by atoms with Crippen LogP contribution in [-0.2, 0) is 0 Å². The molecule has 1 heterocycles. The number of hydrogen-bond donors (Lipinski definition) is 1. The molecule has 0 bridgehead atoms. The van der Waals surface area contributed by atoms with Crippen molar-refractivity contribution in [1.82, 2.24) is 0 Å². The summed E-state index contributed by atoms with van der Waals surface area (Å²) in [6, 6.07) is 10.1. The Morgan fingerprint density at radius 3 is 2.65 bits per heavy atom. The molecule has 0 aliphatic rings. The molecule has 4 heteroatoms. The summed E-state index contributed by atoms with van der Waals surface area (Å²) in [5.41, 5.74) is 1.43. The molecule has 0 spiro atoms. The summed E-state index contributed by atoms with van der Waals surface area (Å²) in [6.07, 6.45) is -1.22. The SMILES string of the molecule is Cc1ccc(F)c(C(O)c2cc3cc(F)ccc3o2)c1. The molecule has 20 heavy (non-hydrogen) atoms. The van der Waals surface area contributed by atoms with E-state index in [2.05, 4.69) is 0 Å². The molecule has 102 valence electrons. The highest BCUT2D eigenvalue weighted by Gasteiger charge is 2.19. The first-order valence-corrected chi connectivity index (χ1v) is 6.18. The first-order valence-electron chi connectivity index (χ1n) is 6.18. The summed E-state index contributed by atoms with van der Waals surface area (Å²) in [5, 5.41) is 10.8. The molecule has 1 unspecified atom stereocenters. The van der Waals surface area contributed by atoms with Gasteiger partial charge in [0.05, 0.1) is 0 Å². The van der Waals surface area contributed by atoms with Crippen molar-refractivity contribution in [3.63, 3.8) is 0 Å². The zero-order valence-corrected chi connectivity index (χ0v) is 10.7. The maximum atomic E-state index is 13.8. The summed E-state index contributed by atoms with van der Waals surface area (Å²) in [4.78, 5) is 0. The summed E-state index contributed by atoms with van der Waals surface area (Å²) in [6.45, 7) is 1.81. The lowest BCUT2D eigenvalue weighted by molar-refractivity contribution is 0.187. The van der Waals surface area contributed by atoms with Crippen LogP contribution < -0.4 is 0 Å². The van der Waals surface area contributed by atoms with Crippen molar-refractivity contribution in [2.24, 2.45) is 0 Å². The van der Waals surface area contributed by atoms with Crippen molar-refractivity contribution in [2.75, 3.05) is 0 Å². The van der Waals surface area contributed by atoms with Gasteiger partial charge in [-0.25, -0.2) is 8.78 Å². The highest BCUT2D eigenvalue weighted by atomic mass is 19.1. The monoisotopic (exact) mass is 274 g/mol. The summed E-state index contributed by atoms with van der Waals surface area (Å²) in [7, 11) is 0. The van der Waals surface area contributed by atoms with Gasteiger partial charge in [0.2, 0.25) is 0 Å². The van der Waals surface area contributed by atoms with E-state index >= 15 is 0 Å². The van der Waals surface area contributed by atoms with Crippen LogP contribution in [0.5, 0.6) is 0 Å². The Kier molecular flexibility index (Phi) is 3.03. The number of hydrogen-bond acceptors (Lipinski definition) is 2. The molecule has 0 aliphatic heterocycles. The Morgan fingerprint density at radius 1 is 1.05 bits per heavy atom. The third-order valence-electron chi connectivity index (χ3n) is 3.21. The average molecular weight is 274 g/mol. The normalized spacial score (nSPS) is 12.8. The van der Waals surface area contributed by atoms with Gasteiger partial charge in [0.25, 0.3) is 0 Å². The molecule has 0 aliphatic carbocycles. The fourth-order valence-corrected chi connectivity index (χ4v) is 2.20. The zero-order valence-electron chi connectivity index (χ0n) is 10.7. The Hall–Kier alpha value is -2.20. The van der Waals surface area contributed by atoms with Gasteiger partial charge in [-0.15, -0.1) is 0 Å². The summed E-state index contributed by atoms with van der Waals surface area (Å²) < 4.78 is 32.3. The van der Waals surface area contributed by atoms with Crippen LogP contribution in [0.3, 0.4) is 0 Å².